The molecule has 0 aliphatic heterocycles. The Kier molecular flexibility index (Phi) is 6.25. The highest BCUT2D eigenvalue weighted by atomic mass is 35.5. The molecule has 18 heavy (non-hydrogen) atoms. The van der Waals surface area contributed by atoms with Crippen molar-refractivity contribution in [2.75, 3.05) is 13.7 Å². The Morgan fingerprint density at radius 3 is 2.78 bits per heavy atom. The van der Waals surface area contributed by atoms with Crippen molar-refractivity contribution >= 4 is 11.6 Å². The van der Waals surface area contributed by atoms with E-state index in [0.717, 1.165) is 19.4 Å². The van der Waals surface area contributed by atoms with Crippen LogP contribution in [-0.2, 0) is 6.54 Å². The molecule has 3 N–H and O–H groups in total. The molecule has 4 nitrogen and oxygen atoms in total. The number of hydrogen-bond donors (Lipinski definition) is 3. The zero-order chi connectivity index (χ0) is 13.5. The molecule has 0 fully saturated rings. The molecule has 1 aromatic carbocycles. The lowest BCUT2D eigenvalue weighted by Crippen LogP contribution is -2.16. The Bertz CT molecular complexity index is 383. The monoisotopic (exact) mass is 273 g/mol. The van der Waals surface area contributed by atoms with Gasteiger partial charge in [0.25, 0.3) is 0 Å². The molecule has 0 heterocycles. The molecule has 0 aromatic heterocycles. The number of nitrogens with one attached hydrogen (secondary N) is 1. The number of benzene rings is 1. The lowest BCUT2D eigenvalue weighted by molar-refractivity contribution is 0.181. The van der Waals surface area contributed by atoms with Crippen molar-refractivity contribution in [3.05, 3.63) is 22.7 Å². The van der Waals surface area contributed by atoms with Crippen LogP contribution in [0.15, 0.2) is 12.1 Å². The van der Waals surface area contributed by atoms with Crippen LogP contribution in [0.3, 0.4) is 0 Å². The third kappa shape index (κ3) is 4.72. The number of aliphatic hydroxyl groups is 1. The molecule has 0 bridgehead atoms. The van der Waals surface area contributed by atoms with Crippen LogP contribution in [0.25, 0.3) is 0 Å². The molecule has 0 spiro atoms. The minimum Gasteiger partial charge on any atom is -0.504 e. The number of hydrogen-bond acceptors (Lipinski definition) is 4. The summed E-state index contributed by atoms with van der Waals surface area (Å²) in [7, 11) is 1.49. The third-order valence-corrected chi connectivity index (χ3v) is 2.85. The first-order valence-electron chi connectivity index (χ1n) is 5.98. The SMILES string of the molecule is COc1cc(Cl)cc(CNCCCC(C)O)c1O. The van der Waals surface area contributed by atoms with E-state index in [1.165, 1.54) is 7.11 Å². The second-order valence-electron chi connectivity index (χ2n) is 4.28. The largest absolute Gasteiger partial charge is 0.504 e. The zero-order valence-corrected chi connectivity index (χ0v) is 11.5. The quantitative estimate of drug-likeness (QED) is 0.667. The Morgan fingerprint density at radius 1 is 1.44 bits per heavy atom. The Labute approximate surface area is 113 Å². The van der Waals surface area contributed by atoms with Gasteiger partial charge in [0.1, 0.15) is 0 Å². The fourth-order valence-corrected chi connectivity index (χ4v) is 1.90. The van der Waals surface area contributed by atoms with Gasteiger partial charge in [-0.15, -0.1) is 0 Å². The molecule has 1 unspecified atom stereocenters. The van der Waals surface area contributed by atoms with E-state index in [0.29, 0.717) is 22.9 Å². The van der Waals surface area contributed by atoms with Crippen molar-refractivity contribution in [2.45, 2.75) is 32.4 Å². The average Bonchev–Trinajstić information content (AvgIpc) is 2.32. The number of phenolic OH excluding ortho intramolecular Hbond substituents is 1. The summed E-state index contributed by atoms with van der Waals surface area (Å²) in [6.07, 6.45) is 1.38. The Morgan fingerprint density at radius 2 is 2.17 bits per heavy atom. The molecule has 1 aromatic rings. The first-order chi connectivity index (χ1) is 8.54. The number of methoxy groups -OCH3 is 1. The van der Waals surface area contributed by atoms with Gasteiger partial charge in [0.15, 0.2) is 11.5 Å². The van der Waals surface area contributed by atoms with Gasteiger partial charge in [-0.3, -0.25) is 0 Å². The number of phenols is 1. The maximum Gasteiger partial charge on any atom is 0.162 e. The van der Waals surface area contributed by atoms with Crippen molar-refractivity contribution in [2.24, 2.45) is 0 Å². The number of halogens is 1. The van der Waals surface area contributed by atoms with Gasteiger partial charge in [-0.25, -0.2) is 0 Å². The smallest absolute Gasteiger partial charge is 0.162 e. The molecule has 0 aliphatic carbocycles. The van der Waals surface area contributed by atoms with E-state index in [1.807, 2.05) is 0 Å². The Balaban J connectivity index is 2.49. The third-order valence-electron chi connectivity index (χ3n) is 2.63. The second-order valence-corrected chi connectivity index (χ2v) is 4.72. The average molecular weight is 274 g/mol. The highest BCUT2D eigenvalue weighted by molar-refractivity contribution is 6.30. The van der Waals surface area contributed by atoms with E-state index in [9.17, 15) is 5.11 Å². The number of ether oxygens (including phenoxy) is 1. The summed E-state index contributed by atoms with van der Waals surface area (Å²) < 4.78 is 5.03. The molecule has 1 rings (SSSR count). The topological polar surface area (TPSA) is 61.7 Å². The van der Waals surface area contributed by atoms with Gasteiger partial charge in [0.05, 0.1) is 13.2 Å². The van der Waals surface area contributed by atoms with Crippen LogP contribution in [0.1, 0.15) is 25.3 Å². The van der Waals surface area contributed by atoms with Gasteiger partial charge in [-0.2, -0.15) is 0 Å². The summed E-state index contributed by atoms with van der Waals surface area (Å²) in [4.78, 5) is 0. The standard InChI is InChI=1S/C13H20ClNO3/c1-9(16)4-3-5-15-8-10-6-11(14)7-12(18-2)13(10)17/h6-7,9,15-17H,3-5,8H2,1-2H3. The van der Waals surface area contributed by atoms with E-state index in [2.05, 4.69) is 5.32 Å². The fourth-order valence-electron chi connectivity index (χ4n) is 1.66. The van der Waals surface area contributed by atoms with Crippen LogP contribution in [0, 0.1) is 0 Å². The van der Waals surface area contributed by atoms with Crippen LogP contribution in [0.5, 0.6) is 11.5 Å². The van der Waals surface area contributed by atoms with E-state index in [-0.39, 0.29) is 11.9 Å². The van der Waals surface area contributed by atoms with Gasteiger partial charge in [-0.05, 0) is 32.4 Å². The zero-order valence-electron chi connectivity index (χ0n) is 10.7. The normalized spacial score (nSPS) is 12.4. The first kappa shape index (κ1) is 15.1. The fraction of sp³-hybridized carbons (Fsp3) is 0.538. The molecule has 0 saturated heterocycles. The predicted molar refractivity (Wildman–Crippen MR) is 72.3 cm³/mol. The summed E-state index contributed by atoms with van der Waals surface area (Å²) in [5.74, 6) is 0.494. The molecule has 1 atom stereocenters. The van der Waals surface area contributed by atoms with E-state index >= 15 is 0 Å². The summed E-state index contributed by atoms with van der Waals surface area (Å²) in [5.41, 5.74) is 0.705. The van der Waals surface area contributed by atoms with Gasteiger partial charge in [-0.1, -0.05) is 11.6 Å². The van der Waals surface area contributed by atoms with Crippen molar-refractivity contribution in [3.8, 4) is 11.5 Å². The predicted octanol–water partition coefficient (Wildman–Crippen LogP) is 2.30. The minimum atomic E-state index is -0.272. The molecule has 5 heteroatoms. The number of rotatable bonds is 7. The number of aliphatic hydroxyl groups excluding tert-OH is 1. The van der Waals surface area contributed by atoms with Crippen LogP contribution in [-0.4, -0.2) is 30.0 Å². The van der Waals surface area contributed by atoms with Gasteiger partial charge in [0.2, 0.25) is 0 Å². The summed E-state index contributed by atoms with van der Waals surface area (Å²) in [5, 5.41) is 22.7. The molecular weight excluding hydrogens is 254 g/mol. The molecule has 102 valence electrons. The molecule has 0 amide bonds. The van der Waals surface area contributed by atoms with Crippen molar-refractivity contribution in [1.29, 1.82) is 0 Å². The van der Waals surface area contributed by atoms with Gasteiger partial charge < -0.3 is 20.3 Å². The van der Waals surface area contributed by atoms with Crippen LogP contribution < -0.4 is 10.1 Å². The maximum absolute atomic E-state index is 9.89. The highest BCUT2D eigenvalue weighted by Crippen LogP contribution is 2.33. The molecule has 0 aliphatic rings. The van der Waals surface area contributed by atoms with Crippen LogP contribution in [0.4, 0.5) is 0 Å². The van der Waals surface area contributed by atoms with E-state index < -0.39 is 0 Å². The number of aromatic hydroxyl groups is 1. The van der Waals surface area contributed by atoms with E-state index in [1.54, 1.807) is 19.1 Å². The van der Waals surface area contributed by atoms with Crippen molar-refractivity contribution < 1.29 is 14.9 Å². The lowest BCUT2D eigenvalue weighted by atomic mass is 10.1. The van der Waals surface area contributed by atoms with E-state index in [4.69, 9.17) is 21.4 Å². The van der Waals surface area contributed by atoms with Crippen LogP contribution >= 0.6 is 11.6 Å². The summed E-state index contributed by atoms with van der Waals surface area (Å²) in [6.45, 7) is 3.06. The van der Waals surface area contributed by atoms with Crippen LogP contribution in [0.2, 0.25) is 5.02 Å². The molecular formula is C13H20ClNO3. The minimum absolute atomic E-state index is 0.116. The summed E-state index contributed by atoms with van der Waals surface area (Å²) >= 11 is 5.93. The highest BCUT2D eigenvalue weighted by Gasteiger charge is 2.09. The maximum atomic E-state index is 9.89. The van der Waals surface area contributed by atoms with Gasteiger partial charge >= 0.3 is 0 Å². The van der Waals surface area contributed by atoms with Crippen molar-refractivity contribution in [3.63, 3.8) is 0 Å². The van der Waals surface area contributed by atoms with Gasteiger partial charge in [0, 0.05) is 23.2 Å². The molecule has 0 saturated carbocycles. The van der Waals surface area contributed by atoms with Crippen molar-refractivity contribution in [1.82, 2.24) is 5.32 Å². The lowest BCUT2D eigenvalue weighted by Gasteiger charge is -2.11. The summed E-state index contributed by atoms with van der Waals surface area (Å²) in [6, 6.07) is 3.29. The Hall–Kier alpha value is -0.970. The first-order valence-corrected chi connectivity index (χ1v) is 6.36. The molecule has 0 radical (unpaired) electrons. The second kappa shape index (κ2) is 7.46.